The second-order valence-corrected chi connectivity index (χ2v) is 4.30. The first kappa shape index (κ1) is 12.6. The Morgan fingerprint density at radius 3 is 2.00 bits per heavy atom. The van der Waals surface area contributed by atoms with Gasteiger partial charge in [0.15, 0.2) is 0 Å². The van der Waals surface area contributed by atoms with Crippen molar-refractivity contribution in [3.8, 4) is 11.5 Å². The molecule has 1 aromatic carbocycles. The normalized spacial score (nSPS) is 12.3. The fraction of sp³-hybridized carbons (Fsp3) is 0.429. The second kappa shape index (κ2) is 5.59. The molecule has 0 aromatic heterocycles. The van der Waals surface area contributed by atoms with Crippen LogP contribution in [0.25, 0.3) is 0 Å². The summed E-state index contributed by atoms with van der Waals surface area (Å²) in [5.74, 6) is 2.10. The molecule has 16 heavy (non-hydrogen) atoms. The lowest BCUT2D eigenvalue weighted by Gasteiger charge is -2.22. The van der Waals surface area contributed by atoms with Crippen LogP contribution < -0.4 is 9.47 Å². The van der Waals surface area contributed by atoms with E-state index >= 15 is 0 Å². The number of ether oxygens (including phenoxy) is 2. The Bertz CT molecular complexity index is 338. The molecule has 0 bridgehead atoms. The molecule has 0 heterocycles. The van der Waals surface area contributed by atoms with Gasteiger partial charge in [0, 0.05) is 0 Å². The van der Waals surface area contributed by atoms with E-state index < -0.39 is 0 Å². The Labute approximate surface area is 97.9 Å². The van der Waals surface area contributed by atoms with Crippen molar-refractivity contribution in [3.63, 3.8) is 0 Å². The molecule has 0 saturated heterocycles. The highest BCUT2D eigenvalue weighted by atomic mass is 16.5. The van der Waals surface area contributed by atoms with Gasteiger partial charge in [0.1, 0.15) is 17.6 Å². The molecule has 0 radical (unpaired) electrons. The first-order valence-corrected chi connectivity index (χ1v) is 5.50. The molecule has 2 heteroatoms. The number of rotatable bonds is 5. The van der Waals surface area contributed by atoms with Crippen LogP contribution in [0.4, 0.5) is 0 Å². The second-order valence-electron chi connectivity index (χ2n) is 4.30. The fourth-order valence-corrected chi connectivity index (χ4v) is 1.61. The van der Waals surface area contributed by atoms with Crippen molar-refractivity contribution in [1.29, 1.82) is 0 Å². The van der Waals surface area contributed by atoms with E-state index in [4.69, 9.17) is 9.47 Å². The summed E-state index contributed by atoms with van der Waals surface area (Å²) in [5, 5.41) is 0. The molecule has 0 amide bonds. The highest BCUT2D eigenvalue weighted by Crippen LogP contribution is 2.22. The molecule has 0 aliphatic carbocycles. The minimum atomic E-state index is 0.0633. The van der Waals surface area contributed by atoms with Crippen molar-refractivity contribution in [2.45, 2.75) is 26.9 Å². The van der Waals surface area contributed by atoms with Gasteiger partial charge >= 0.3 is 0 Å². The van der Waals surface area contributed by atoms with Crippen LogP contribution in [-0.4, -0.2) is 13.2 Å². The Balaban J connectivity index is 2.74. The maximum absolute atomic E-state index is 5.88. The van der Waals surface area contributed by atoms with Crippen molar-refractivity contribution >= 4 is 0 Å². The van der Waals surface area contributed by atoms with Crippen LogP contribution in [0.2, 0.25) is 0 Å². The maximum Gasteiger partial charge on any atom is 0.121 e. The predicted molar refractivity (Wildman–Crippen MR) is 67.1 cm³/mol. The van der Waals surface area contributed by atoms with Crippen molar-refractivity contribution in [1.82, 2.24) is 0 Å². The summed E-state index contributed by atoms with van der Waals surface area (Å²) in [5.41, 5.74) is 1.05. The lowest BCUT2D eigenvalue weighted by molar-refractivity contribution is 0.186. The zero-order chi connectivity index (χ0) is 12.1. The topological polar surface area (TPSA) is 18.5 Å². The van der Waals surface area contributed by atoms with Gasteiger partial charge in [0.05, 0.1) is 7.11 Å². The Kier molecular flexibility index (Phi) is 4.41. The van der Waals surface area contributed by atoms with Crippen molar-refractivity contribution in [2.75, 3.05) is 7.11 Å². The SMILES string of the molecule is C=C(C)[C@H](Oc1ccc(OC)cc1)C(C)C. The first-order chi connectivity index (χ1) is 7.54. The van der Waals surface area contributed by atoms with Gasteiger partial charge < -0.3 is 9.47 Å². The van der Waals surface area contributed by atoms with Gasteiger partial charge in [-0.25, -0.2) is 0 Å². The third kappa shape index (κ3) is 3.30. The molecule has 0 spiro atoms. The van der Waals surface area contributed by atoms with Crippen LogP contribution in [0, 0.1) is 5.92 Å². The molecule has 0 aliphatic rings. The Morgan fingerprint density at radius 2 is 1.62 bits per heavy atom. The molecule has 1 aromatic rings. The molecular formula is C14H20O2. The van der Waals surface area contributed by atoms with Gasteiger partial charge in [-0.3, -0.25) is 0 Å². The number of benzene rings is 1. The summed E-state index contributed by atoms with van der Waals surface area (Å²) in [4.78, 5) is 0. The standard InChI is InChI=1S/C14H20O2/c1-10(2)14(11(3)4)16-13-8-6-12(15-5)7-9-13/h6-9,11,14H,1H2,2-5H3/t14-/m0/s1. The first-order valence-electron chi connectivity index (χ1n) is 5.50. The zero-order valence-electron chi connectivity index (χ0n) is 10.5. The van der Waals surface area contributed by atoms with Crippen LogP contribution >= 0.6 is 0 Å². The Morgan fingerprint density at radius 1 is 1.12 bits per heavy atom. The monoisotopic (exact) mass is 220 g/mol. The molecule has 88 valence electrons. The van der Waals surface area contributed by atoms with Gasteiger partial charge in [-0.05, 0) is 42.7 Å². The van der Waals surface area contributed by atoms with Gasteiger partial charge in [-0.2, -0.15) is 0 Å². The molecule has 0 unspecified atom stereocenters. The summed E-state index contributed by atoms with van der Waals surface area (Å²) in [6.07, 6.45) is 0.0633. The largest absolute Gasteiger partial charge is 0.497 e. The van der Waals surface area contributed by atoms with E-state index in [1.807, 2.05) is 31.2 Å². The van der Waals surface area contributed by atoms with E-state index in [1.54, 1.807) is 7.11 Å². The summed E-state index contributed by atoms with van der Waals surface area (Å²) in [6.45, 7) is 10.2. The average molecular weight is 220 g/mol. The minimum Gasteiger partial charge on any atom is -0.497 e. The van der Waals surface area contributed by atoms with Gasteiger partial charge in [-0.1, -0.05) is 20.4 Å². The van der Waals surface area contributed by atoms with Crippen LogP contribution in [0.1, 0.15) is 20.8 Å². The molecule has 2 nitrogen and oxygen atoms in total. The smallest absolute Gasteiger partial charge is 0.121 e. The quantitative estimate of drug-likeness (QED) is 0.705. The molecule has 0 saturated carbocycles. The summed E-state index contributed by atoms with van der Waals surface area (Å²) < 4.78 is 11.0. The lowest BCUT2D eigenvalue weighted by Crippen LogP contribution is -2.23. The van der Waals surface area contributed by atoms with Crippen molar-refractivity contribution < 1.29 is 9.47 Å². The van der Waals surface area contributed by atoms with Crippen LogP contribution in [-0.2, 0) is 0 Å². The van der Waals surface area contributed by atoms with E-state index in [1.165, 1.54) is 0 Å². The van der Waals surface area contributed by atoms with Crippen LogP contribution in [0.15, 0.2) is 36.4 Å². The van der Waals surface area contributed by atoms with Gasteiger partial charge in [0.2, 0.25) is 0 Å². The highest BCUT2D eigenvalue weighted by molar-refractivity contribution is 5.31. The maximum atomic E-state index is 5.88. The lowest BCUT2D eigenvalue weighted by atomic mass is 10.0. The van der Waals surface area contributed by atoms with E-state index in [0.29, 0.717) is 5.92 Å². The third-order valence-corrected chi connectivity index (χ3v) is 2.41. The van der Waals surface area contributed by atoms with E-state index in [9.17, 15) is 0 Å². The van der Waals surface area contributed by atoms with Crippen molar-refractivity contribution in [3.05, 3.63) is 36.4 Å². The summed E-state index contributed by atoms with van der Waals surface area (Å²) >= 11 is 0. The van der Waals surface area contributed by atoms with Crippen LogP contribution in [0.5, 0.6) is 11.5 Å². The third-order valence-electron chi connectivity index (χ3n) is 2.41. The molecule has 0 aliphatic heterocycles. The van der Waals surface area contributed by atoms with E-state index in [-0.39, 0.29) is 6.10 Å². The molecule has 0 N–H and O–H groups in total. The highest BCUT2D eigenvalue weighted by Gasteiger charge is 2.15. The van der Waals surface area contributed by atoms with Crippen molar-refractivity contribution in [2.24, 2.45) is 5.92 Å². The van der Waals surface area contributed by atoms with Gasteiger partial charge in [-0.15, -0.1) is 0 Å². The predicted octanol–water partition coefficient (Wildman–Crippen LogP) is 3.67. The molecule has 1 atom stereocenters. The summed E-state index contributed by atoms with van der Waals surface area (Å²) in [7, 11) is 1.65. The minimum absolute atomic E-state index is 0.0633. The summed E-state index contributed by atoms with van der Waals surface area (Å²) in [6, 6.07) is 7.62. The molecule has 1 rings (SSSR count). The number of hydrogen-bond donors (Lipinski definition) is 0. The fourth-order valence-electron chi connectivity index (χ4n) is 1.61. The zero-order valence-corrected chi connectivity index (χ0v) is 10.5. The van der Waals surface area contributed by atoms with Crippen LogP contribution in [0.3, 0.4) is 0 Å². The van der Waals surface area contributed by atoms with Gasteiger partial charge in [0.25, 0.3) is 0 Å². The average Bonchev–Trinajstić information content (AvgIpc) is 2.25. The molecule has 0 fully saturated rings. The number of hydrogen-bond acceptors (Lipinski definition) is 2. The Hall–Kier alpha value is -1.44. The number of methoxy groups -OCH3 is 1. The van der Waals surface area contributed by atoms with E-state index in [2.05, 4.69) is 20.4 Å². The van der Waals surface area contributed by atoms with E-state index in [0.717, 1.165) is 17.1 Å². The molecular weight excluding hydrogens is 200 g/mol.